The predicted octanol–water partition coefficient (Wildman–Crippen LogP) is 2.83. The van der Waals surface area contributed by atoms with E-state index >= 15 is 0 Å². The Hall–Kier alpha value is -0.570. The summed E-state index contributed by atoms with van der Waals surface area (Å²) in [6.07, 6.45) is 11.0. The molecule has 2 heterocycles. The fraction of sp³-hybridized carbons (Fsp3) is 0.905. The van der Waals surface area contributed by atoms with Gasteiger partial charge >= 0.3 is 0 Å². The third-order valence-electron chi connectivity index (χ3n) is 6.27. The van der Waals surface area contributed by atoms with E-state index in [9.17, 15) is 4.79 Å². The molecule has 7 heteroatoms. The van der Waals surface area contributed by atoms with Crippen LogP contribution in [0.1, 0.15) is 64.7 Å². The summed E-state index contributed by atoms with van der Waals surface area (Å²) in [6.45, 7) is 9.02. The van der Waals surface area contributed by atoms with Crippen molar-refractivity contribution in [3.8, 4) is 0 Å². The molecule has 0 radical (unpaired) electrons. The molecule has 162 valence electrons. The average molecular weight is 505 g/mol. The maximum Gasteiger partial charge on any atom is 0.225 e. The molecule has 0 aromatic rings. The van der Waals surface area contributed by atoms with Crippen LogP contribution in [0.3, 0.4) is 0 Å². The highest BCUT2D eigenvalue weighted by molar-refractivity contribution is 14.0. The smallest absolute Gasteiger partial charge is 0.225 e. The number of carbonyl (C=O) groups excluding carboxylic acids is 1. The number of likely N-dealkylation sites (tertiary alicyclic amines) is 2. The van der Waals surface area contributed by atoms with Crippen molar-refractivity contribution in [2.75, 3.05) is 45.8 Å². The minimum atomic E-state index is 0. The van der Waals surface area contributed by atoms with Crippen molar-refractivity contribution >= 4 is 35.8 Å². The van der Waals surface area contributed by atoms with E-state index in [1.807, 2.05) is 0 Å². The zero-order valence-electron chi connectivity index (χ0n) is 17.6. The molecule has 28 heavy (non-hydrogen) atoms. The first-order valence-corrected chi connectivity index (χ1v) is 11.3. The summed E-state index contributed by atoms with van der Waals surface area (Å²) in [7, 11) is 0. The highest BCUT2D eigenvalue weighted by Gasteiger charge is 2.31. The highest BCUT2D eigenvalue weighted by atomic mass is 127. The van der Waals surface area contributed by atoms with Gasteiger partial charge in [0.25, 0.3) is 0 Å². The molecule has 1 amide bonds. The average Bonchev–Trinajstić information content (AvgIpc) is 3.17. The molecule has 2 saturated heterocycles. The summed E-state index contributed by atoms with van der Waals surface area (Å²) in [5.41, 5.74) is 0. The van der Waals surface area contributed by atoms with Crippen LogP contribution in [0, 0.1) is 5.92 Å². The summed E-state index contributed by atoms with van der Waals surface area (Å²) in [5, 5.41) is 6.94. The van der Waals surface area contributed by atoms with Gasteiger partial charge in [0, 0.05) is 38.1 Å². The molecule has 0 bridgehead atoms. The predicted molar refractivity (Wildman–Crippen MR) is 126 cm³/mol. The Balaban J connectivity index is 0.00000280. The van der Waals surface area contributed by atoms with Crippen molar-refractivity contribution < 1.29 is 4.79 Å². The maximum atomic E-state index is 12.8. The lowest BCUT2D eigenvalue weighted by Gasteiger charge is -2.26. The van der Waals surface area contributed by atoms with Gasteiger partial charge in [-0.25, -0.2) is 0 Å². The van der Waals surface area contributed by atoms with Gasteiger partial charge in [0.15, 0.2) is 5.96 Å². The van der Waals surface area contributed by atoms with Crippen molar-refractivity contribution in [1.29, 1.82) is 0 Å². The van der Waals surface area contributed by atoms with Gasteiger partial charge < -0.3 is 20.4 Å². The van der Waals surface area contributed by atoms with E-state index in [0.717, 1.165) is 57.9 Å². The summed E-state index contributed by atoms with van der Waals surface area (Å²) in [4.78, 5) is 22.1. The Labute approximate surface area is 188 Å². The van der Waals surface area contributed by atoms with Crippen LogP contribution in [0.5, 0.6) is 0 Å². The van der Waals surface area contributed by atoms with Crippen molar-refractivity contribution in [2.45, 2.75) is 70.8 Å². The van der Waals surface area contributed by atoms with Crippen LogP contribution < -0.4 is 10.6 Å². The Kier molecular flexibility index (Phi) is 10.9. The third-order valence-corrected chi connectivity index (χ3v) is 6.27. The van der Waals surface area contributed by atoms with E-state index in [0.29, 0.717) is 11.9 Å². The minimum Gasteiger partial charge on any atom is -0.357 e. The number of nitrogens with zero attached hydrogens (tertiary/aromatic N) is 3. The first kappa shape index (κ1) is 23.7. The SMILES string of the molecule is CCNC(=NCCN1CCCCC1)NC1CCN(C(=O)C2CCCCC2)C1.I. The molecular weight excluding hydrogens is 465 g/mol. The summed E-state index contributed by atoms with van der Waals surface area (Å²) in [6, 6.07) is 0.324. The van der Waals surface area contributed by atoms with Gasteiger partial charge in [-0.3, -0.25) is 9.79 Å². The summed E-state index contributed by atoms with van der Waals surface area (Å²) < 4.78 is 0. The minimum absolute atomic E-state index is 0. The van der Waals surface area contributed by atoms with Crippen molar-refractivity contribution in [1.82, 2.24) is 20.4 Å². The maximum absolute atomic E-state index is 12.8. The van der Waals surface area contributed by atoms with Crippen LogP contribution in [0.4, 0.5) is 0 Å². The van der Waals surface area contributed by atoms with Gasteiger partial charge in [-0.15, -0.1) is 24.0 Å². The van der Waals surface area contributed by atoms with Crippen LogP contribution in [-0.2, 0) is 4.79 Å². The van der Waals surface area contributed by atoms with E-state index < -0.39 is 0 Å². The number of halogens is 1. The lowest BCUT2D eigenvalue weighted by molar-refractivity contribution is -0.135. The molecule has 1 unspecified atom stereocenters. The Morgan fingerprint density at radius 1 is 1.00 bits per heavy atom. The van der Waals surface area contributed by atoms with Crippen LogP contribution >= 0.6 is 24.0 Å². The Bertz CT molecular complexity index is 489. The lowest BCUT2D eigenvalue weighted by atomic mass is 9.88. The second-order valence-corrected chi connectivity index (χ2v) is 8.41. The number of nitrogens with one attached hydrogen (secondary N) is 2. The zero-order chi connectivity index (χ0) is 18.9. The molecule has 3 rings (SSSR count). The standard InChI is InChI=1S/C21H39N5O.HI/c1-2-22-21(23-12-16-25-13-7-4-8-14-25)24-19-11-15-26(17-19)20(27)18-9-5-3-6-10-18;/h18-19H,2-17H2,1H3,(H2,22,23,24);1H. The van der Waals surface area contributed by atoms with Gasteiger partial charge in [0.05, 0.1) is 6.54 Å². The van der Waals surface area contributed by atoms with Crippen LogP contribution in [0.15, 0.2) is 4.99 Å². The lowest BCUT2D eigenvalue weighted by Crippen LogP contribution is -2.46. The third kappa shape index (κ3) is 7.35. The number of piperidine rings is 1. The Morgan fingerprint density at radius 2 is 1.71 bits per heavy atom. The monoisotopic (exact) mass is 505 g/mol. The molecule has 6 nitrogen and oxygen atoms in total. The molecular formula is C21H40IN5O. The number of aliphatic imine (C=N–C) groups is 1. The van der Waals surface area contributed by atoms with E-state index in [2.05, 4.69) is 27.4 Å². The molecule has 2 aliphatic heterocycles. The normalized spacial score (nSPS) is 24.7. The number of hydrogen-bond donors (Lipinski definition) is 2. The van der Waals surface area contributed by atoms with Gasteiger partial charge in [-0.1, -0.05) is 25.7 Å². The molecule has 0 aromatic carbocycles. The molecule has 1 aliphatic carbocycles. The molecule has 1 atom stereocenters. The quantitative estimate of drug-likeness (QED) is 0.331. The number of amides is 1. The van der Waals surface area contributed by atoms with E-state index in [1.54, 1.807) is 0 Å². The first-order chi connectivity index (χ1) is 13.3. The summed E-state index contributed by atoms with van der Waals surface area (Å²) in [5.74, 6) is 1.58. The Morgan fingerprint density at radius 3 is 2.43 bits per heavy atom. The molecule has 2 N–H and O–H groups in total. The molecule has 0 aromatic heterocycles. The number of guanidine groups is 1. The van der Waals surface area contributed by atoms with Gasteiger partial charge in [0.1, 0.15) is 0 Å². The molecule has 3 aliphatic rings. The van der Waals surface area contributed by atoms with Gasteiger partial charge in [0.2, 0.25) is 5.91 Å². The number of rotatable bonds is 6. The fourth-order valence-electron chi connectivity index (χ4n) is 4.69. The fourth-order valence-corrected chi connectivity index (χ4v) is 4.69. The van der Waals surface area contributed by atoms with Crippen molar-refractivity contribution in [3.63, 3.8) is 0 Å². The highest BCUT2D eigenvalue weighted by Crippen LogP contribution is 2.26. The second kappa shape index (κ2) is 12.9. The van der Waals surface area contributed by atoms with Crippen LogP contribution in [-0.4, -0.2) is 73.5 Å². The largest absolute Gasteiger partial charge is 0.357 e. The molecule has 3 fully saturated rings. The van der Waals surface area contributed by atoms with E-state index in [1.165, 1.54) is 51.6 Å². The van der Waals surface area contributed by atoms with Crippen molar-refractivity contribution in [3.05, 3.63) is 0 Å². The van der Waals surface area contributed by atoms with E-state index in [-0.39, 0.29) is 29.9 Å². The van der Waals surface area contributed by atoms with Crippen molar-refractivity contribution in [2.24, 2.45) is 10.9 Å². The number of carbonyl (C=O) groups is 1. The van der Waals surface area contributed by atoms with Gasteiger partial charge in [-0.2, -0.15) is 0 Å². The van der Waals surface area contributed by atoms with Crippen LogP contribution in [0.2, 0.25) is 0 Å². The first-order valence-electron chi connectivity index (χ1n) is 11.3. The zero-order valence-corrected chi connectivity index (χ0v) is 20.0. The van der Waals surface area contributed by atoms with E-state index in [4.69, 9.17) is 4.99 Å². The van der Waals surface area contributed by atoms with Crippen LogP contribution in [0.25, 0.3) is 0 Å². The second-order valence-electron chi connectivity index (χ2n) is 8.41. The van der Waals surface area contributed by atoms with Gasteiger partial charge in [-0.05, 0) is 52.1 Å². The molecule has 1 saturated carbocycles. The topological polar surface area (TPSA) is 60.0 Å². The summed E-state index contributed by atoms with van der Waals surface area (Å²) >= 11 is 0. The molecule has 0 spiro atoms. The number of hydrogen-bond acceptors (Lipinski definition) is 3.